The SMILES string of the molecule is CC(C)(C)[Si](C)(C)O[C@@H]1CC(=O)C[C@@H](O)C12CC2. The third-order valence-electron chi connectivity index (χ3n) is 5.21. The Labute approximate surface area is 111 Å². The van der Waals surface area contributed by atoms with Crippen molar-refractivity contribution in [2.75, 3.05) is 0 Å². The van der Waals surface area contributed by atoms with Crippen LogP contribution in [-0.2, 0) is 9.22 Å². The molecule has 0 aromatic heterocycles. The molecule has 18 heavy (non-hydrogen) atoms. The van der Waals surface area contributed by atoms with Gasteiger partial charge in [-0.15, -0.1) is 0 Å². The van der Waals surface area contributed by atoms with Crippen molar-refractivity contribution in [2.45, 2.75) is 76.8 Å². The second-order valence-corrected chi connectivity index (χ2v) is 12.3. The second kappa shape index (κ2) is 4.15. The van der Waals surface area contributed by atoms with Crippen molar-refractivity contribution >= 4 is 14.1 Å². The number of Topliss-reactive ketones (excluding diaryl/α,β-unsaturated/α-hetero) is 1. The number of carbonyl (C=O) groups excluding carboxylic acids is 1. The molecule has 4 heteroatoms. The molecular formula is C14H26O3Si. The van der Waals surface area contributed by atoms with Gasteiger partial charge >= 0.3 is 0 Å². The smallest absolute Gasteiger partial charge is 0.192 e. The highest BCUT2D eigenvalue weighted by atomic mass is 28.4. The molecule has 2 aliphatic carbocycles. The van der Waals surface area contributed by atoms with Crippen LogP contribution in [0.25, 0.3) is 0 Å². The summed E-state index contributed by atoms with van der Waals surface area (Å²) >= 11 is 0. The van der Waals surface area contributed by atoms with Gasteiger partial charge in [-0.2, -0.15) is 0 Å². The van der Waals surface area contributed by atoms with Crippen molar-refractivity contribution in [1.82, 2.24) is 0 Å². The van der Waals surface area contributed by atoms with Crippen LogP contribution in [0.15, 0.2) is 0 Å². The Kier molecular flexibility index (Phi) is 3.28. The highest BCUT2D eigenvalue weighted by Gasteiger charge is 2.60. The molecule has 3 nitrogen and oxygen atoms in total. The van der Waals surface area contributed by atoms with Gasteiger partial charge in [0.15, 0.2) is 8.32 Å². The molecule has 104 valence electrons. The van der Waals surface area contributed by atoms with Crippen LogP contribution in [-0.4, -0.2) is 31.4 Å². The Morgan fingerprint density at radius 2 is 1.83 bits per heavy atom. The Morgan fingerprint density at radius 1 is 1.28 bits per heavy atom. The molecule has 0 amide bonds. The summed E-state index contributed by atoms with van der Waals surface area (Å²) in [4.78, 5) is 11.7. The standard InChI is InChI=1S/C14H26O3Si/c1-13(2,3)18(4,5)17-12-9-10(15)8-11(16)14(12)6-7-14/h11-12,16H,6-9H2,1-5H3/t11-,12-/m1/s1. The first-order valence-electron chi connectivity index (χ1n) is 6.96. The molecule has 2 aliphatic rings. The van der Waals surface area contributed by atoms with Crippen LogP contribution in [0.1, 0.15) is 46.5 Å². The van der Waals surface area contributed by atoms with Crippen LogP contribution >= 0.6 is 0 Å². The third kappa shape index (κ3) is 2.30. The van der Waals surface area contributed by atoms with Crippen LogP contribution in [0, 0.1) is 5.41 Å². The number of aliphatic hydroxyl groups is 1. The quantitative estimate of drug-likeness (QED) is 0.785. The van der Waals surface area contributed by atoms with Crippen LogP contribution < -0.4 is 0 Å². The van der Waals surface area contributed by atoms with Gasteiger partial charge in [-0.25, -0.2) is 0 Å². The zero-order valence-corrected chi connectivity index (χ0v) is 13.2. The molecule has 2 rings (SSSR count). The van der Waals surface area contributed by atoms with E-state index >= 15 is 0 Å². The fourth-order valence-corrected chi connectivity index (χ4v) is 4.00. The maximum atomic E-state index is 11.7. The molecule has 0 aromatic carbocycles. The van der Waals surface area contributed by atoms with E-state index in [1.165, 1.54) is 0 Å². The molecule has 1 spiro atoms. The average molecular weight is 270 g/mol. The van der Waals surface area contributed by atoms with Gasteiger partial charge in [-0.1, -0.05) is 20.8 Å². The fraction of sp³-hybridized carbons (Fsp3) is 0.929. The van der Waals surface area contributed by atoms with Gasteiger partial charge in [-0.3, -0.25) is 4.79 Å². The topological polar surface area (TPSA) is 46.5 Å². The lowest BCUT2D eigenvalue weighted by Gasteiger charge is -2.44. The van der Waals surface area contributed by atoms with Crippen LogP contribution in [0.2, 0.25) is 18.1 Å². The Bertz CT molecular complexity index is 353. The van der Waals surface area contributed by atoms with E-state index in [1.807, 2.05) is 0 Å². The van der Waals surface area contributed by atoms with Crippen molar-refractivity contribution in [3.8, 4) is 0 Å². The van der Waals surface area contributed by atoms with E-state index in [9.17, 15) is 9.90 Å². The van der Waals surface area contributed by atoms with Gasteiger partial charge in [0.05, 0.1) is 12.2 Å². The van der Waals surface area contributed by atoms with Gasteiger partial charge < -0.3 is 9.53 Å². The number of hydrogen-bond donors (Lipinski definition) is 1. The van der Waals surface area contributed by atoms with E-state index in [-0.39, 0.29) is 22.3 Å². The summed E-state index contributed by atoms with van der Waals surface area (Å²) in [6.45, 7) is 11.1. The van der Waals surface area contributed by atoms with Crippen molar-refractivity contribution in [3.05, 3.63) is 0 Å². The number of carbonyl (C=O) groups is 1. The molecular weight excluding hydrogens is 244 g/mol. The summed E-state index contributed by atoms with van der Waals surface area (Å²) in [5.74, 6) is 0.156. The monoisotopic (exact) mass is 270 g/mol. The Balaban J connectivity index is 2.15. The summed E-state index contributed by atoms with van der Waals surface area (Å²) in [6, 6.07) is 0. The maximum absolute atomic E-state index is 11.7. The lowest BCUT2D eigenvalue weighted by atomic mass is 9.80. The third-order valence-corrected chi connectivity index (χ3v) is 9.70. The second-order valence-electron chi connectivity index (χ2n) is 7.56. The average Bonchev–Trinajstić information content (AvgIpc) is 2.92. The maximum Gasteiger partial charge on any atom is 0.192 e. The van der Waals surface area contributed by atoms with Crippen molar-refractivity contribution in [3.63, 3.8) is 0 Å². The molecule has 0 aromatic rings. The summed E-state index contributed by atoms with van der Waals surface area (Å²) in [5, 5.41) is 10.3. The lowest BCUT2D eigenvalue weighted by molar-refractivity contribution is -0.132. The number of rotatable bonds is 2. The largest absolute Gasteiger partial charge is 0.413 e. The normalized spacial score (nSPS) is 31.8. The van der Waals surface area contributed by atoms with E-state index in [2.05, 4.69) is 33.9 Å². The number of ketones is 1. The highest BCUT2D eigenvalue weighted by Crippen LogP contribution is 2.58. The minimum absolute atomic E-state index is 0.0466. The molecule has 0 radical (unpaired) electrons. The zero-order chi connectivity index (χ0) is 13.8. The van der Waals surface area contributed by atoms with Crippen LogP contribution in [0.4, 0.5) is 0 Å². The van der Waals surface area contributed by atoms with Crippen LogP contribution in [0.5, 0.6) is 0 Å². The van der Waals surface area contributed by atoms with E-state index in [0.29, 0.717) is 12.8 Å². The van der Waals surface area contributed by atoms with Gasteiger partial charge in [-0.05, 0) is 31.0 Å². The van der Waals surface area contributed by atoms with E-state index in [4.69, 9.17) is 4.43 Å². The summed E-state index contributed by atoms with van der Waals surface area (Å²) in [5.41, 5.74) is -0.0938. The van der Waals surface area contributed by atoms with Crippen LogP contribution in [0.3, 0.4) is 0 Å². The molecule has 0 aliphatic heterocycles. The first-order chi connectivity index (χ1) is 8.08. The first-order valence-corrected chi connectivity index (χ1v) is 9.87. The van der Waals surface area contributed by atoms with E-state index in [0.717, 1.165) is 12.8 Å². The van der Waals surface area contributed by atoms with Gasteiger partial charge in [0.25, 0.3) is 0 Å². The van der Waals surface area contributed by atoms with Crippen molar-refractivity contribution in [2.24, 2.45) is 5.41 Å². The molecule has 0 heterocycles. The minimum atomic E-state index is -1.86. The highest BCUT2D eigenvalue weighted by molar-refractivity contribution is 6.74. The number of aliphatic hydroxyl groups excluding tert-OH is 1. The minimum Gasteiger partial charge on any atom is -0.413 e. The molecule has 0 saturated heterocycles. The van der Waals surface area contributed by atoms with Gasteiger partial charge in [0, 0.05) is 18.3 Å². The Hall–Kier alpha value is -0.193. The van der Waals surface area contributed by atoms with E-state index in [1.54, 1.807) is 0 Å². The number of hydrogen-bond acceptors (Lipinski definition) is 3. The van der Waals surface area contributed by atoms with Gasteiger partial charge in [0.1, 0.15) is 5.78 Å². The van der Waals surface area contributed by atoms with Gasteiger partial charge in [0.2, 0.25) is 0 Å². The molecule has 2 atom stereocenters. The fourth-order valence-electron chi connectivity index (χ4n) is 2.62. The lowest BCUT2D eigenvalue weighted by Crippen LogP contribution is -2.51. The van der Waals surface area contributed by atoms with Crippen molar-refractivity contribution < 1.29 is 14.3 Å². The predicted octanol–water partition coefficient (Wildman–Crippen LogP) is 2.88. The summed E-state index contributed by atoms with van der Waals surface area (Å²) in [6.07, 6.45) is 2.34. The first kappa shape index (κ1) is 14.2. The molecule has 2 saturated carbocycles. The molecule has 0 unspecified atom stereocenters. The summed E-state index contributed by atoms with van der Waals surface area (Å²) < 4.78 is 6.42. The van der Waals surface area contributed by atoms with Crippen molar-refractivity contribution in [1.29, 1.82) is 0 Å². The van der Waals surface area contributed by atoms with E-state index < -0.39 is 14.4 Å². The molecule has 2 fully saturated rings. The summed E-state index contributed by atoms with van der Waals surface area (Å²) in [7, 11) is -1.86. The zero-order valence-electron chi connectivity index (χ0n) is 12.2. The molecule has 0 bridgehead atoms. The Morgan fingerprint density at radius 3 is 2.28 bits per heavy atom. The predicted molar refractivity (Wildman–Crippen MR) is 74.0 cm³/mol. The molecule has 1 N–H and O–H groups in total.